The first-order valence-electron chi connectivity index (χ1n) is 12.4. The van der Waals surface area contributed by atoms with E-state index in [0.717, 1.165) is 24.9 Å². The lowest BCUT2D eigenvalue weighted by molar-refractivity contribution is -0.122. The van der Waals surface area contributed by atoms with Crippen LogP contribution in [0.2, 0.25) is 0 Å². The lowest BCUT2D eigenvalue weighted by Gasteiger charge is -2.35. The summed E-state index contributed by atoms with van der Waals surface area (Å²) >= 11 is 0. The molecule has 2 N–H and O–H groups in total. The molecule has 2 aromatic carbocycles. The average Bonchev–Trinajstić information content (AvgIpc) is 3.00. The third-order valence-electron chi connectivity index (χ3n) is 7.30. The largest absolute Gasteiger partial charge is 0.369 e. The van der Waals surface area contributed by atoms with E-state index in [9.17, 15) is 4.79 Å². The first kappa shape index (κ1) is 24.5. The highest BCUT2D eigenvalue weighted by molar-refractivity contribution is 6.00. The number of nitrogens with two attached hydrogens (primary N) is 1. The summed E-state index contributed by atoms with van der Waals surface area (Å²) < 4.78 is 0. The van der Waals surface area contributed by atoms with Crippen molar-refractivity contribution in [1.82, 2.24) is 4.90 Å². The average molecular weight is 435 g/mol. The van der Waals surface area contributed by atoms with Gasteiger partial charge in [0.25, 0.3) is 0 Å². The number of benzene rings is 2. The first-order chi connectivity index (χ1) is 15.0. The van der Waals surface area contributed by atoms with E-state index in [2.05, 4.69) is 96.7 Å². The molecule has 0 bridgehead atoms. The Labute approximate surface area is 195 Å². The molecule has 0 heterocycles. The summed E-state index contributed by atoms with van der Waals surface area (Å²) in [6.45, 7) is 18.9. The molecule has 1 unspecified atom stereocenters. The summed E-state index contributed by atoms with van der Waals surface area (Å²) in [6.07, 6.45) is 1.67. The fraction of sp³-hybridized carbons (Fsp3) is 0.552. The van der Waals surface area contributed by atoms with Crippen molar-refractivity contribution in [2.75, 3.05) is 6.54 Å². The number of carbonyl (C=O) groups is 1. The molecule has 2 aromatic rings. The van der Waals surface area contributed by atoms with E-state index in [1.165, 1.54) is 27.8 Å². The Kier molecular flexibility index (Phi) is 7.19. The molecule has 0 radical (unpaired) electrons. The molecule has 1 aliphatic carbocycles. The van der Waals surface area contributed by atoms with Crippen LogP contribution in [-0.4, -0.2) is 29.4 Å². The van der Waals surface area contributed by atoms with Crippen molar-refractivity contribution >= 4 is 5.91 Å². The van der Waals surface area contributed by atoms with Gasteiger partial charge in [0.15, 0.2) is 0 Å². The van der Waals surface area contributed by atoms with Gasteiger partial charge in [0.2, 0.25) is 5.91 Å². The number of primary amides is 1. The van der Waals surface area contributed by atoms with Crippen LogP contribution in [0.1, 0.15) is 102 Å². The molecule has 0 fully saturated rings. The standard InChI is InChI=1S/C29H42N2O/c1-18(2)22-14-15-24-23-12-9-10-13-25(23)29(28(30)32,27(24)26(22)19(3)4)16-11-17-31(20(5)6)21(7)8/h9-10,12-15,18-21H,11,16-17H2,1-8H3,(H2,30,32). The SMILES string of the molecule is CC(C)c1ccc2c(c1C(C)C)C(CCCN(C(C)C)C(C)C)(C(N)=O)c1ccccc1-2. The molecule has 174 valence electrons. The number of hydrogen-bond acceptors (Lipinski definition) is 2. The van der Waals surface area contributed by atoms with E-state index in [0.29, 0.717) is 23.9 Å². The van der Waals surface area contributed by atoms with E-state index >= 15 is 0 Å². The molecule has 0 spiro atoms. The van der Waals surface area contributed by atoms with Crippen LogP contribution in [0.4, 0.5) is 0 Å². The molecule has 32 heavy (non-hydrogen) atoms. The van der Waals surface area contributed by atoms with E-state index in [1.807, 2.05) is 0 Å². The molecule has 0 saturated carbocycles. The van der Waals surface area contributed by atoms with Crippen LogP contribution in [0, 0.1) is 0 Å². The zero-order valence-electron chi connectivity index (χ0n) is 21.3. The highest BCUT2D eigenvalue weighted by Gasteiger charge is 2.49. The third kappa shape index (κ3) is 4.01. The van der Waals surface area contributed by atoms with Crippen LogP contribution in [0.15, 0.2) is 36.4 Å². The molecule has 0 saturated heterocycles. The second-order valence-electron chi connectivity index (χ2n) is 10.6. The minimum Gasteiger partial charge on any atom is -0.369 e. The Balaban J connectivity index is 2.20. The van der Waals surface area contributed by atoms with Gasteiger partial charge in [-0.25, -0.2) is 0 Å². The molecular formula is C29H42N2O. The molecule has 3 heteroatoms. The predicted octanol–water partition coefficient (Wildman–Crippen LogP) is 6.58. The van der Waals surface area contributed by atoms with Gasteiger partial charge in [-0.05, 0) is 92.3 Å². The monoisotopic (exact) mass is 434 g/mol. The van der Waals surface area contributed by atoms with Gasteiger partial charge in [0.1, 0.15) is 5.41 Å². The Bertz CT molecular complexity index is 965. The Morgan fingerprint density at radius 1 is 0.875 bits per heavy atom. The van der Waals surface area contributed by atoms with Crippen LogP contribution < -0.4 is 5.73 Å². The van der Waals surface area contributed by atoms with Crippen molar-refractivity contribution in [3.8, 4) is 11.1 Å². The lowest BCUT2D eigenvalue weighted by atomic mass is 9.69. The van der Waals surface area contributed by atoms with E-state index in [1.54, 1.807) is 0 Å². The molecule has 0 aliphatic heterocycles. The smallest absolute Gasteiger partial charge is 0.232 e. The van der Waals surface area contributed by atoms with Gasteiger partial charge >= 0.3 is 0 Å². The minimum absolute atomic E-state index is 0.216. The summed E-state index contributed by atoms with van der Waals surface area (Å²) in [5, 5.41) is 0. The van der Waals surface area contributed by atoms with Crippen LogP contribution >= 0.6 is 0 Å². The fourth-order valence-corrected chi connectivity index (χ4v) is 5.95. The van der Waals surface area contributed by atoms with Gasteiger partial charge in [-0.15, -0.1) is 0 Å². The van der Waals surface area contributed by atoms with Gasteiger partial charge in [-0.2, -0.15) is 0 Å². The zero-order chi connectivity index (χ0) is 23.8. The highest BCUT2D eigenvalue weighted by Crippen LogP contribution is 2.54. The lowest BCUT2D eigenvalue weighted by Crippen LogP contribution is -2.43. The molecule has 3 rings (SSSR count). The molecule has 1 amide bonds. The topological polar surface area (TPSA) is 46.3 Å². The number of rotatable bonds is 9. The second-order valence-corrected chi connectivity index (χ2v) is 10.6. The third-order valence-corrected chi connectivity index (χ3v) is 7.30. The highest BCUT2D eigenvalue weighted by atomic mass is 16.1. The Morgan fingerprint density at radius 3 is 2.03 bits per heavy atom. The molecular weight excluding hydrogens is 392 g/mol. The maximum absolute atomic E-state index is 13.5. The van der Waals surface area contributed by atoms with Crippen molar-refractivity contribution in [2.45, 2.75) is 97.6 Å². The van der Waals surface area contributed by atoms with E-state index < -0.39 is 5.41 Å². The number of amides is 1. The normalized spacial score (nSPS) is 17.7. The van der Waals surface area contributed by atoms with E-state index in [4.69, 9.17) is 5.73 Å². The summed E-state index contributed by atoms with van der Waals surface area (Å²) in [5.41, 5.74) is 12.9. The van der Waals surface area contributed by atoms with Gasteiger partial charge in [-0.3, -0.25) is 9.69 Å². The van der Waals surface area contributed by atoms with Gasteiger partial charge in [0.05, 0.1) is 0 Å². The number of nitrogens with zero attached hydrogens (tertiary/aromatic N) is 1. The Morgan fingerprint density at radius 2 is 1.50 bits per heavy atom. The van der Waals surface area contributed by atoms with Crippen molar-refractivity contribution in [3.63, 3.8) is 0 Å². The molecule has 1 atom stereocenters. The summed E-state index contributed by atoms with van der Waals surface area (Å²) in [4.78, 5) is 16.0. The number of carbonyl (C=O) groups excluding carboxylic acids is 1. The molecule has 1 aliphatic rings. The van der Waals surface area contributed by atoms with Crippen LogP contribution in [0.5, 0.6) is 0 Å². The van der Waals surface area contributed by atoms with Crippen molar-refractivity contribution in [1.29, 1.82) is 0 Å². The van der Waals surface area contributed by atoms with Crippen LogP contribution in [0.25, 0.3) is 11.1 Å². The summed E-state index contributed by atoms with van der Waals surface area (Å²) in [6, 6.07) is 13.9. The minimum atomic E-state index is -0.768. The van der Waals surface area contributed by atoms with Crippen LogP contribution in [-0.2, 0) is 10.2 Å². The predicted molar refractivity (Wildman–Crippen MR) is 136 cm³/mol. The summed E-state index contributed by atoms with van der Waals surface area (Å²) in [7, 11) is 0. The first-order valence-corrected chi connectivity index (χ1v) is 12.4. The van der Waals surface area contributed by atoms with Crippen molar-refractivity contribution < 1.29 is 4.79 Å². The van der Waals surface area contributed by atoms with Crippen molar-refractivity contribution in [2.24, 2.45) is 5.73 Å². The maximum Gasteiger partial charge on any atom is 0.232 e. The summed E-state index contributed by atoms with van der Waals surface area (Å²) in [5.74, 6) is 0.495. The van der Waals surface area contributed by atoms with Gasteiger partial charge in [-0.1, -0.05) is 64.1 Å². The number of hydrogen-bond donors (Lipinski definition) is 1. The molecule has 0 aromatic heterocycles. The van der Waals surface area contributed by atoms with Gasteiger partial charge in [0, 0.05) is 12.1 Å². The van der Waals surface area contributed by atoms with Gasteiger partial charge < -0.3 is 5.73 Å². The zero-order valence-corrected chi connectivity index (χ0v) is 21.3. The van der Waals surface area contributed by atoms with E-state index in [-0.39, 0.29) is 5.91 Å². The Hall–Kier alpha value is -2.13. The quantitative estimate of drug-likeness (QED) is 0.484. The fourth-order valence-electron chi connectivity index (χ4n) is 5.95. The maximum atomic E-state index is 13.5. The molecule has 3 nitrogen and oxygen atoms in total. The van der Waals surface area contributed by atoms with Crippen molar-refractivity contribution in [3.05, 3.63) is 58.7 Å². The number of fused-ring (bicyclic) bond motifs is 3. The van der Waals surface area contributed by atoms with Crippen LogP contribution in [0.3, 0.4) is 0 Å². The second kappa shape index (κ2) is 9.39.